The molecule has 0 aliphatic carbocycles. The van der Waals surface area contributed by atoms with Gasteiger partial charge in [0.1, 0.15) is 12.3 Å². The third kappa shape index (κ3) is 6.92. The Morgan fingerprint density at radius 1 is 2.00 bits per heavy atom. The lowest BCUT2D eigenvalue weighted by Gasteiger charge is -1.83. The number of hydrogen-bond acceptors (Lipinski definition) is 4. The van der Waals surface area contributed by atoms with Crippen LogP contribution in [0.4, 0.5) is 0 Å². The first-order valence-corrected chi connectivity index (χ1v) is 2.37. The van der Waals surface area contributed by atoms with Gasteiger partial charge in [0.25, 0.3) is 5.24 Å². The van der Waals surface area contributed by atoms with Gasteiger partial charge in [-0.05, 0) is 11.6 Å². The number of carbonyl (C=O) groups excluding carboxylic acids is 1. The van der Waals surface area contributed by atoms with Crippen molar-refractivity contribution in [3.8, 4) is 6.07 Å². The number of oxime groups is 1. The van der Waals surface area contributed by atoms with Gasteiger partial charge in [-0.2, -0.15) is 5.26 Å². The summed E-state index contributed by atoms with van der Waals surface area (Å²) >= 11 is 4.81. The normalized spacial score (nSPS) is 8.89. The van der Waals surface area contributed by atoms with Crippen molar-refractivity contribution >= 4 is 23.1 Å². The number of nitriles is 1. The van der Waals surface area contributed by atoms with Crippen LogP contribution in [0.2, 0.25) is 0 Å². The van der Waals surface area contributed by atoms with Gasteiger partial charge in [0, 0.05) is 0 Å². The first-order chi connectivity index (χ1) is 4.27. The minimum Gasteiger partial charge on any atom is -0.380 e. The van der Waals surface area contributed by atoms with Crippen LogP contribution in [0.3, 0.4) is 0 Å². The van der Waals surface area contributed by atoms with Gasteiger partial charge in [0.15, 0.2) is 0 Å². The lowest BCUT2D eigenvalue weighted by molar-refractivity contribution is -0.106. The molecule has 0 atom stereocenters. The molecule has 0 saturated carbocycles. The fraction of sp³-hybridized carbons (Fsp3) is 0.250. The molecule has 0 amide bonds. The molecule has 4 nitrogen and oxygen atoms in total. The summed E-state index contributed by atoms with van der Waals surface area (Å²) in [6.45, 7) is -0.180. The van der Waals surface area contributed by atoms with Crippen LogP contribution in [0.5, 0.6) is 0 Å². The third-order valence-corrected chi connectivity index (χ3v) is 0.455. The molecule has 0 saturated heterocycles. The second kappa shape index (κ2) is 5.06. The molecule has 0 aliphatic rings. The van der Waals surface area contributed by atoms with Crippen LogP contribution in [-0.4, -0.2) is 18.1 Å². The molecule has 0 aromatic rings. The molecule has 0 aromatic carbocycles. The molecule has 48 valence electrons. The maximum atomic E-state index is 9.86. The molecule has 0 bridgehead atoms. The Balaban J connectivity index is 3.28. The zero-order valence-electron chi connectivity index (χ0n) is 4.37. The van der Waals surface area contributed by atoms with Gasteiger partial charge < -0.3 is 4.84 Å². The Bertz CT molecular complexity index is 160. The Hall–Kier alpha value is -1.08. The molecule has 0 aromatic heterocycles. The highest BCUT2D eigenvalue weighted by atomic mass is 35.5. The van der Waals surface area contributed by atoms with Gasteiger partial charge >= 0.3 is 0 Å². The third-order valence-electron chi connectivity index (χ3n) is 0.358. The molecule has 0 fully saturated rings. The second-order valence-electron chi connectivity index (χ2n) is 0.970. The highest BCUT2D eigenvalue weighted by molar-refractivity contribution is 6.77. The maximum absolute atomic E-state index is 9.86. The van der Waals surface area contributed by atoms with Gasteiger partial charge in [0.05, 0.1) is 0 Å². The minimum absolute atomic E-state index is 0.180. The summed E-state index contributed by atoms with van der Waals surface area (Å²) in [6.07, 6.45) is 0.777. The van der Waals surface area contributed by atoms with E-state index in [4.69, 9.17) is 16.9 Å². The van der Waals surface area contributed by atoms with E-state index in [1.54, 1.807) is 6.07 Å². The Morgan fingerprint density at radius 2 is 2.67 bits per heavy atom. The highest BCUT2D eigenvalue weighted by Gasteiger charge is 1.84. The van der Waals surface area contributed by atoms with Crippen molar-refractivity contribution in [2.75, 3.05) is 6.61 Å². The fourth-order valence-corrected chi connectivity index (χ4v) is 0.185. The smallest absolute Gasteiger partial charge is 0.266 e. The maximum Gasteiger partial charge on any atom is 0.266 e. The van der Waals surface area contributed by atoms with E-state index in [1.807, 2.05) is 0 Å². The van der Waals surface area contributed by atoms with E-state index in [9.17, 15) is 4.79 Å². The van der Waals surface area contributed by atoms with Crippen molar-refractivity contribution in [1.29, 1.82) is 5.26 Å². The minimum atomic E-state index is -0.729. The second-order valence-corrected chi connectivity index (χ2v) is 1.34. The lowest BCUT2D eigenvalue weighted by atomic mass is 10.8. The number of rotatable bonds is 3. The zero-order valence-corrected chi connectivity index (χ0v) is 5.13. The molecule has 0 heterocycles. The van der Waals surface area contributed by atoms with E-state index in [2.05, 4.69) is 9.99 Å². The summed E-state index contributed by atoms with van der Waals surface area (Å²) in [6, 6.07) is 1.65. The number of nitrogens with zero attached hydrogens (tertiary/aromatic N) is 2. The van der Waals surface area contributed by atoms with E-state index >= 15 is 0 Å². The number of hydrogen-bond donors (Lipinski definition) is 0. The summed E-state index contributed by atoms with van der Waals surface area (Å²) in [5, 5.41) is 10.2. The molecule has 5 heteroatoms. The Morgan fingerprint density at radius 3 is 3.11 bits per heavy atom. The number of carbonyl (C=O) groups is 1. The van der Waals surface area contributed by atoms with Gasteiger partial charge in [-0.15, -0.1) is 0 Å². The Kier molecular flexibility index (Phi) is 4.46. The first kappa shape index (κ1) is 7.92. The van der Waals surface area contributed by atoms with Crippen molar-refractivity contribution in [3.05, 3.63) is 0 Å². The average molecular weight is 147 g/mol. The van der Waals surface area contributed by atoms with Crippen LogP contribution < -0.4 is 0 Å². The van der Waals surface area contributed by atoms with Crippen molar-refractivity contribution in [1.82, 2.24) is 0 Å². The molecule has 0 rings (SSSR count). The molecule has 0 unspecified atom stereocenters. The van der Waals surface area contributed by atoms with Crippen LogP contribution in [0.1, 0.15) is 0 Å². The van der Waals surface area contributed by atoms with Gasteiger partial charge in [-0.1, -0.05) is 5.16 Å². The summed E-state index contributed by atoms with van der Waals surface area (Å²) in [5.74, 6) is 0. The topological polar surface area (TPSA) is 62.4 Å². The highest BCUT2D eigenvalue weighted by Crippen LogP contribution is 1.75. The van der Waals surface area contributed by atoms with Crippen molar-refractivity contribution < 1.29 is 9.63 Å². The quantitative estimate of drug-likeness (QED) is 0.249. The fourth-order valence-electron chi connectivity index (χ4n) is 0.145. The number of halogens is 1. The van der Waals surface area contributed by atoms with Crippen molar-refractivity contribution in [3.63, 3.8) is 0 Å². The van der Waals surface area contributed by atoms with Gasteiger partial charge in [-0.3, -0.25) is 4.79 Å². The summed E-state index contributed by atoms with van der Waals surface area (Å²) in [7, 11) is 0. The summed E-state index contributed by atoms with van der Waals surface area (Å²) < 4.78 is 0. The monoisotopic (exact) mass is 146 g/mol. The molecule has 9 heavy (non-hydrogen) atoms. The molecule has 0 radical (unpaired) electrons. The zero-order chi connectivity index (χ0) is 7.11. The molecule has 0 aliphatic heterocycles. The molecular formula is C4H3ClN2O2. The van der Waals surface area contributed by atoms with Crippen LogP contribution in [0.25, 0.3) is 0 Å². The van der Waals surface area contributed by atoms with Crippen LogP contribution in [-0.2, 0) is 9.63 Å². The molecular weight excluding hydrogens is 144 g/mol. The molecule has 0 N–H and O–H groups in total. The Labute approximate surface area is 56.7 Å². The van der Waals surface area contributed by atoms with Crippen LogP contribution in [0.15, 0.2) is 5.16 Å². The van der Waals surface area contributed by atoms with E-state index in [1.165, 1.54) is 0 Å². The largest absolute Gasteiger partial charge is 0.380 e. The van der Waals surface area contributed by atoms with Crippen molar-refractivity contribution in [2.24, 2.45) is 5.16 Å². The summed E-state index contributed by atoms with van der Waals surface area (Å²) in [4.78, 5) is 14.1. The predicted molar refractivity (Wildman–Crippen MR) is 30.9 cm³/mol. The van der Waals surface area contributed by atoms with Gasteiger partial charge in [-0.25, -0.2) is 0 Å². The lowest BCUT2D eigenvalue weighted by Crippen LogP contribution is -1.88. The van der Waals surface area contributed by atoms with Crippen LogP contribution in [0, 0.1) is 11.3 Å². The standard InChI is InChI=1S/C4H3ClN2O2/c5-4(8)3-7-9-2-1-6/h3H,2H2/b7-3+. The van der Waals surface area contributed by atoms with E-state index in [0.717, 1.165) is 6.21 Å². The molecule has 0 spiro atoms. The van der Waals surface area contributed by atoms with E-state index in [0.29, 0.717) is 0 Å². The first-order valence-electron chi connectivity index (χ1n) is 1.99. The van der Waals surface area contributed by atoms with E-state index in [-0.39, 0.29) is 6.61 Å². The predicted octanol–water partition coefficient (Wildman–Crippen LogP) is 0.278. The SMILES string of the molecule is N#CCO/N=C/C(=O)Cl. The van der Waals surface area contributed by atoms with Crippen molar-refractivity contribution in [2.45, 2.75) is 0 Å². The van der Waals surface area contributed by atoms with Crippen LogP contribution >= 0.6 is 11.6 Å². The average Bonchev–Trinajstić information content (AvgIpc) is 1.80. The van der Waals surface area contributed by atoms with E-state index < -0.39 is 5.24 Å². The van der Waals surface area contributed by atoms with Gasteiger partial charge in [0.2, 0.25) is 6.61 Å². The summed E-state index contributed by atoms with van der Waals surface area (Å²) in [5.41, 5.74) is 0.